The lowest BCUT2D eigenvalue weighted by Gasteiger charge is -2.27. The molecule has 1 amide bonds. The average molecular weight is 270 g/mol. The maximum Gasteiger partial charge on any atom is 0.332 e. The lowest BCUT2D eigenvalue weighted by Crippen LogP contribution is -2.43. The van der Waals surface area contributed by atoms with E-state index in [-0.39, 0.29) is 5.91 Å². The van der Waals surface area contributed by atoms with Crippen LogP contribution >= 0.6 is 0 Å². The quantitative estimate of drug-likeness (QED) is 0.788. The lowest BCUT2D eigenvalue weighted by molar-refractivity contribution is -0.154. The summed E-state index contributed by atoms with van der Waals surface area (Å²) in [7, 11) is 3.84. The van der Waals surface area contributed by atoms with Crippen LogP contribution in [0.2, 0.25) is 0 Å². The van der Waals surface area contributed by atoms with Gasteiger partial charge in [0, 0.05) is 19.6 Å². The Morgan fingerprint density at radius 3 is 2.53 bits per heavy atom. The maximum absolute atomic E-state index is 12.2. The van der Waals surface area contributed by atoms with Crippen molar-refractivity contribution in [1.29, 1.82) is 0 Å². The summed E-state index contributed by atoms with van der Waals surface area (Å²) in [5, 5.41) is 8.86. The van der Waals surface area contributed by atoms with Crippen molar-refractivity contribution in [3.8, 4) is 0 Å². The fraction of sp³-hybridized carbons (Fsp3) is 0.846. The minimum atomic E-state index is -0.978. The van der Waals surface area contributed by atoms with Crippen LogP contribution in [0.25, 0.3) is 0 Å². The molecule has 0 bridgehead atoms. The van der Waals surface area contributed by atoms with E-state index in [9.17, 15) is 9.59 Å². The van der Waals surface area contributed by atoms with Crippen molar-refractivity contribution in [3.63, 3.8) is 0 Å². The van der Waals surface area contributed by atoms with Gasteiger partial charge in [-0.3, -0.25) is 4.79 Å². The molecule has 0 spiro atoms. The predicted octanol–water partition coefficient (Wildman–Crippen LogP) is 0.171. The van der Waals surface area contributed by atoms with Crippen LogP contribution in [0.4, 0.5) is 0 Å². The highest BCUT2D eigenvalue weighted by atomic mass is 16.5. The number of rotatable bonds is 4. The summed E-state index contributed by atoms with van der Waals surface area (Å²) in [6, 6.07) is 0.408. The van der Waals surface area contributed by atoms with E-state index >= 15 is 0 Å². The van der Waals surface area contributed by atoms with Gasteiger partial charge in [0.2, 0.25) is 0 Å². The van der Waals surface area contributed by atoms with Gasteiger partial charge in [0.15, 0.2) is 6.10 Å². The summed E-state index contributed by atoms with van der Waals surface area (Å²) < 4.78 is 5.29. The van der Waals surface area contributed by atoms with Gasteiger partial charge in [-0.05, 0) is 39.3 Å². The molecule has 1 N–H and O–H groups in total. The minimum absolute atomic E-state index is 0.0935. The van der Waals surface area contributed by atoms with Gasteiger partial charge in [-0.1, -0.05) is 0 Å². The zero-order chi connectivity index (χ0) is 14.0. The first kappa shape index (κ1) is 14.3. The molecule has 0 aromatic heterocycles. The molecule has 0 aromatic rings. The second-order valence-electron chi connectivity index (χ2n) is 5.52. The SMILES string of the molecule is CN(CC1CCCN1C)C(=O)C1CCC(C(=O)O)O1. The zero-order valence-electron chi connectivity index (χ0n) is 11.5. The van der Waals surface area contributed by atoms with Crippen LogP contribution in [0.5, 0.6) is 0 Å². The lowest BCUT2D eigenvalue weighted by atomic mass is 10.1. The number of carbonyl (C=O) groups is 2. The molecule has 2 aliphatic rings. The van der Waals surface area contributed by atoms with Crippen LogP contribution < -0.4 is 0 Å². The number of carboxylic acid groups (broad SMARTS) is 1. The third-order valence-electron chi connectivity index (χ3n) is 4.10. The number of ether oxygens (including phenoxy) is 1. The highest BCUT2D eigenvalue weighted by Crippen LogP contribution is 2.22. The zero-order valence-corrected chi connectivity index (χ0v) is 11.5. The molecule has 6 nitrogen and oxygen atoms in total. The van der Waals surface area contributed by atoms with E-state index < -0.39 is 18.2 Å². The molecular formula is C13H22N2O4. The summed E-state index contributed by atoms with van der Waals surface area (Å²) >= 11 is 0. The summed E-state index contributed by atoms with van der Waals surface area (Å²) in [5.41, 5.74) is 0. The molecule has 108 valence electrons. The summed E-state index contributed by atoms with van der Waals surface area (Å²) in [4.78, 5) is 26.9. The number of amides is 1. The van der Waals surface area contributed by atoms with E-state index in [1.807, 2.05) is 0 Å². The van der Waals surface area contributed by atoms with E-state index in [2.05, 4.69) is 11.9 Å². The van der Waals surface area contributed by atoms with Crippen LogP contribution in [0.1, 0.15) is 25.7 Å². The van der Waals surface area contributed by atoms with Crippen LogP contribution in [0, 0.1) is 0 Å². The molecule has 19 heavy (non-hydrogen) atoms. The number of carboxylic acids is 1. The first-order chi connectivity index (χ1) is 8.99. The number of aliphatic carboxylic acids is 1. The number of hydrogen-bond donors (Lipinski definition) is 1. The van der Waals surface area contributed by atoms with Gasteiger partial charge in [-0.25, -0.2) is 4.79 Å². The largest absolute Gasteiger partial charge is 0.479 e. The Kier molecular flexibility index (Phi) is 4.42. The molecule has 0 saturated carbocycles. The number of carbonyl (C=O) groups excluding carboxylic acids is 1. The van der Waals surface area contributed by atoms with Gasteiger partial charge >= 0.3 is 5.97 Å². The topological polar surface area (TPSA) is 70.1 Å². The monoisotopic (exact) mass is 270 g/mol. The van der Waals surface area contributed by atoms with Gasteiger partial charge in [0.25, 0.3) is 5.91 Å². The Labute approximate surface area is 113 Å². The van der Waals surface area contributed by atoms with Gasteiger partial charge in [-0.15, -0.1) is 0 Å². The second-order valence-corrected chi connectivity index (χ2v) is 5.52. The van der Waals surface area contributed by atoms with Gasteiger partial charge in [0.05, 0.1) is 0 Å². The van der Waals surface area contributed by atoms with Crippen molar-refractivity contribution in [3.05, 3.63) is 0 Å². The van der Waals surface area contributed by atoms with Crippen LogP contribution in [-0.2, 0) is 14.3 Å². The van der Waals surface area contributed by atoms with E-state index in [4.69, 9.17) is 9.84 Å². The fourth-order valence-electron chi connectivity index (χ4n) is 2.86. The van der Waals surface area contributed by atoms with Crippen molar-refractivity contribution < 1.29 is 19.4 Å². The summed E-state index contributed by atoms with van der Waals surface area (Å²) in [6.07, 6.45) is 1.79. The van der Waals surface area contributed by atoms with Crippen LogP contribution in [0.15, 0.2) is 0 Å². The first-order valence-corrected chi connectivity index (χ1v) is 6.82. The van der Waals surface area contributed by atoms with Gasteiger partial charge < -0.3 is 19.6 Å². The Bertz CT molecular complexity index is 361. The highest BCUT2D eigenvalue weighted by Gasteiger charge is 2.36. The third kappa shape index (κ3) is 3.25. The van der Waals surface area contributed by atoms with Crippen LogP contribution in [-0.4, -0.2) is 72.2 Å². The highest BCUT2D eigenvalue weighted by molar-refractivity contribution is 5.82. The number of likely N-dealkylation sites (tertiary alicyclic amines) is 1. The van der Waals surface area contributed by atoms with Crippen molar-refractivity contribution >= 4 is 11.9 Å². The summed E-state index contributed by atoms with van der Waals surface area (Å²) in [6.45, 7) is 1.76. The number of hydrogen-bond acceptors (Lipinski definition) is 4. The van der Waals surface area contributed by atoms with E-state index in [1.54, 1.807) is 11.9 Å². The molecule has 2 heterocycles. The standard InChI is InChI=1S/C13H22N2O4/c1-14-7-3-4-9(14)8-15(2)12(16)10-5-6-11(19-10)13(17)18/h9-11H,3-8H2,1-2H3,(H,17,18). The van der Waals surface area contributed by atoms with E-state index in [0.29, 0.717) is 25.4 Å². The molecule has 0 aromatic carbocycles. The minimum Gasteiger partial charge on any atom is -0.479 e. The number of likely N-dealkylation sites (N-methyl/N-ethyl adjacent to an activating group) is 2. The van der Waals surface area contributed by atoms with Crippen molar-refractivity contribution in [2.45, 2.75) is 43.9 Å². The van der Waals surface area contributed by atoms with Crippen LogP contribution in [0.3, 0.4) is 0 Å². The molecule has 3 unspecified atom stereocenters. The molecule has 3 atom stereocenters. The molecule has 0 radical (unpaired) electrons. The molecule has 2 fully saturated rings. The Morgan fingerprint density at radius 2 is 2.00 bits per heavy atom. The molecular weight excluding hydrogens is 248 g/mol. The predicted molar refractivity (Wildman–Crippen MR) is 68.8 cm³/mol. The Balaban J connectivity index is 1.84. The molecule has 2 saturated heterocycles. The Hall–Kier alpha value is -1.14. The van der Waals surface area contributed by atoms with Crippen molar-refractivity contribution in [1.82, 2.24) is 9.80 Å². The fourth-order valence-corrected chi connectivity index (χ4v) is 2.86. The second kappa shape index (κ2) is 5.88. The van der Waals surface area contributed by atoms with Crippen molar-refractivity contribution in [2.24, 2.45) is 0 Å². The van der Waals surface area contributed by atoms with Gasteiger partial charge in [-0.2, -0.15) is 0 Å². The molecule has 2 aliphatic heterocycles. The summed E-state index contributed by atoms with van der Waals surface area (Å²) in [5.74, 6) is -1.07. The first-order valence-electron chi connectivity index (χ1n) is 6.82. The molecule has 2 rings (SSSR count). The Morgan fingerprint density at radius 1 is 1.32 bits per heavy atom. The molecule has 0 aliphatic carbocycles. The van der Waals surface area contributed by atoms with E-state index in [1.165, 1.54) is 6.42 Å². The third-order valence-corrected chi connectivity index (χ3v) is 4.10. The maximum atomic E-state index is 12.2. The number of nitrogens with zero attached hydrogens (tertiary/aromatic N) is 2. The molecule has 6 heteroatoms. The smallest absolute Gasteiger partial charge is 0.332 e. The van der Waals surface area contributed by atoms with Gasteiger partial charge in [0.1, 0.15) is 6.10 Å². The van der Waals surface area contributed by atoms with E-state index in [0.717, 1.165) is 13.0 Å². The normalized spacial score (nSPS) is 31.6. The van der Waals surface area contributed by atoms with Crippen molar-refractivity contribution in [2.75, 3.05) is 27.2 Å². The average Bonchev–Trinajstić information content (AvgIpc) is 2.98.